The highest BCUT2D eigenvalue weighted by Crippen LogP contribution is 2.30. The Morgan fingerprint density at radius 1 is 0.900 bits per heavy atom. The van der Waals surface area contributed by atoms with Gasteiger partial charge in [0.25, 0.3) is 0 Å². The number of anilines is 2. The zero-order chi connectivity index (χ0) is 14.4. The normalized spacial score (nSPS) is 11.1. The Morgan fingerprint density at radius 2 is 1.35 bits per heavy atom. The molecule has 2 nitrogen and oxygen atoms in total. The van der Waals surface area contributed by atoms with Gasteiger partial charge in [0.1, 0.15) is 19.3 Å². The van der Waals surface area contributed by atoms with Crippen LogP contribution in [0.1, 0.15) is 0 Å². The first-order valence-corrected chi connectivity index (χ1v) is 6.83. The van der Waals surface area contributed by atoms with Crippen molar-refractivity contribution in [1.29, 1.82) is 0 Å². The molecule has 0 saturated carbocycles. The molecule has 0 aliphatic heterocycles. The largest absolute Gasteiger partial charge is 0.301 e. The number of hydrogen-bond acceptors (Lipinski definition) is 1. The third-order valence-corrected chi connectivity index (χ3v) is 3.05. The minimum Gasteiger partial charge on any atom is -0.301 e. The third-order valence-electron chi connectivity index (χ3n) is 2.75. The molecule has 0 aliphatic carbocycles. The van der Waals surface area contributed by atoms with Crippen LogP contribution in [0.4, 0.5) is 11.4 Å². The summed E-state index contributed by atoms with van der Waals surface area (Å²) in [4.78, 5) is 2.02. The Bertz CT molecular complexity index is 560. The molecule has 2 rings (SSSR count). The summed E-state index contributed by atoms with van der Waals surface area (Å²) in [5.74, 6) is 0. The van der Waals surface area contributed by atoms with E-state index in [1.807, 2.05) is 96.5 Å². The molecule has 0 radical (unpaired) electrons. The van der Waals surface area contributed by atoms with Gasteiger partial charge in [-0.3, -0.25) is 0 Å². The number of rotatable bonds is 4. The van der Waals surface area contributed by atoms with Crippen LogP contribution in [-0.4, -0.2) is 24.9 Å². The molecular formula is C17H18ClN2+. The Balaban J connectivity index is 2.46. The standard InChI is InChI=1S/C17H18ClN2/c1-19(2)14-13-17(18)20(15-9-5-3-6-10-15)16-11-7-4-8-12-16/h3-14H,1-2H3/q+1. The van der Waals surface area contributed by atoms with Gasteiger partial charge in [-0.2, -0.15) is 0 Å². The van der Waals surface area contributed by atoms with E-state index in [0.717, 1.165) is 11.4 Å². The molecule has 0 unspecified atom stereocenters. The molecule has 0 N–H and O–H groups in total. The lowest BCUT2D eigenvalue weighted by molar-refractivity contribution is -0.458. The molecule has 0 atom stereocenters. The predicted octanol–water partition coefficient (Wildman–Crippen LogP) is 4.25. The molecule has 0 amide bonds. The Kier molecular flexibility index (Phi) is 4.97. The number of halogens is 1. The monoisotopic (exact) mass is 285 g/mol. The Labute approximate surface area is 125 Å². The summed E-state index contributed by atoms with van der Waals surface area (Å²) in [6.07, 6.45) is 3.82. The molecule has 0 spiro atoms. The van der Waals surface area contributed by atoms with Gasteiger partial charge in [-0.15, -0.1) is 0 Å². The Morgan fingerprint density at radius 3 is 1.75 bits per heavy atom. The lowest BCUT2D eigenvalue weighted by Crippen LogP contribution is -2.13. The number of nitrogens with zero attached hydrogens (tertiary/aromatic N) is 2. The fourth-order valence-electron chi connectivity index (χ4n) is 1.83. The van der Waals surface area contributed by atoms with E-state index >= 15 is 0 Å². The van der Waals surface area contributed by atoms with Crippen LogP contribution >= 0.6 is 11.6 Å². The van der Waals surface area contributed by atoms with Gasteiger partial charge >= 0.3 is 0 Å². The van der Waals surface area contributed by atoms with Gasteiger partial charge in [-0.25, -0.2) is 4.58 Å². The summed E-state index contributed by atoms with van der Waals surface area (Å²) in [5, 5.41) is 0.649. The van der Waals surface area contributed by atoms with Crippen molar-refractivity contribution in [1.82, 2.24) is 0 Å². The molecule has 20 heavy (non-hydrogen) atoms. The van der Waals surface area contributed by atoms with Crippen LogP contribution in [0, 0.1) is 0 Å². The quantitative estimate of drug-likeness (QED) is 0.462. The van der Waals surface area contributed by atoms with E-state index in [1.165, 1.54) is 0 Å². The van der Waals surface area contributed by atoms with Crippen LogP contribution in [0.25, 0.3) is 0 Å². The van der Waals surface area contributed by atoms with E-state index in [2.05, 4.69) is 0 Å². The first kappa shape index (κ1) is 14.4. The highest BCUT2D eigenvalue weighted by atomic mass is 35.5. The average molecular weight is 286 g/mol. The van der Waals surface area contributed by atoms with E-state index in [0.29, 0.717) is 5.16 Å². The molecule has 0 heterocycles. The molecule has 3 heteroatoms. The van der Waals surface area contributed by atoms with Gasteiger partial charge in [0.05, 0.1) is 0 Å². The van der Waals surface area contributed by atoms with Crippen LogP contribution in [0.15, 0.2) is 71.9 Å². The molecule has 0 aromatic heterocycles. The summed E-state index contributed by atoms with van der Waals surface area (Å²) in [6.45, 7) is 0. The van der Waals surface area contributed by atoms with Crippen molar-refractivity contribution in [2.24, 2.45) is 0 Å². The van der Waals surface area contributed by atoms with Crippen molar-refractivity contribution in [3.05, 3.63) is 71.9 Å². The molecule has 0 aliphatic rings. The topological polar surface area (TPSA) is 6.25 Å². The van der Waals surface area contributed by atoms with Crippen molar-refractivity contribution >= 4 is 29.2 Å². The molecule has 102 valence electrons. The maximum atomic E-state index is 6.49. The number of allylic oxidation sites excluding steroid dienone is 1. The van der Waals surface area contributed by atoms with E-state index in [-0.39, 0.29) is 0 Å². The second-order valence-electron chi connectivity index (χ2n) is 4.61. The lowest BCUT2D eigenvalue weighted by atomic mass is 10.2. The lowest BCUT2D eigenvalue weighted by Gasteiger charge is -2.23. The molecule has 2 aromatic carbocycles. The smallest absolute Gasteiger partial charge is 0.165 e. The number of hydrogen-bond donors (Lipinski definition) is 0. The van der Waals surface area contributed by atoms with E-state index in [1.54, 1.807) is 0 Å². The first-order chi connectivity index (χ1) is 9.68. The van der Waals surface area contributed by atoms with Crippen LogP contribution in [0.5, 0.6) is 0 Å². The second kappa shape index (κ2) is 6.92. The van der Waals surface area contributed by atoms with Crippen LogP contribution in [0.2, 0.25) is 0 Å². The van der Waals surface area contributed by atoms with Gasteiger partial charge in [-0.1, -0.05) is 48.0 Å². The summed E-state index contributed by atoms with van der Waals surface area (Å²) in [5.41, 5.74) is 2.07. The van der Waals surface area contributed by atoms with Gasteiger partial charge in [0.2, 0.25) is 0 Å². The predicted molar refractivity (Wildman–Crippen MR) is 87.1 cm³/mol. The van der Waals surface area contributed by atoms with Crippen molar-refractivity contribution in [2.75, 3.05) is 19.0 Å². The summed E-state index contributed by atoms with van der Waals surface area (Å²) >= 11 is 6.49. The minimum atomic E-state index is 0.649. The molecule has 0 fully saturated rings. The highest BCUT2D eigenvalue weighted by Gasteiger charge is 2.12. The second-order valence-corrected chi connectivity index (χ2v) is 5.00. The van der Waals surface area contributed by atoms with E-state index < -0.39 is 0 Å². The fraction of sp³-hybridized carbons (Fsp3) is 0.118. The summed E-state index contributed by atoms with van der Waals surface area (Å²) in [7, 11) is 3.94. The fourth-order valence-corrected chi connectivity index (χ4v) is 2.09. The van der Waals surface area contributed by atoms with Crippen LogP contribution in [0.3, 0.4) is 0 Å². The third kappa shape index (κ3) is 3.72. The minimum absolute atomic E-state index is 0.649. The Hall–Kier alpha value is -2.06. The SMILES string of the molecule is C[N+](C)=C/C=C(\Cl)N(c1ccccc1)c1ccccc1. The number of benzene rings is 2. The van der Waals surface area contributed by atoms with Gasteiger partial charge < -0.3 is 4.90 Å². The zero-order valence-electron chi connectivity index (χ0n) is 11.7. The van der Waals surface area contributed by atoms with Crippen LogP contribution < -0.4 is 4.90 Å². The van der Waals surface area contributed by atoms with Gasteiger partial charge in [0, 0.05) is 17.5 Å². The van der Waals surface area contributed by atoms with Crippen molar-refractivity contribution < 1.29 is 4.58 Å². The van der Waals surface area contributed by atoms with E-state index in [4.69, 9.17) is 11.6 Å². The summed E-state index contributed by atoms with van der Waals surface area (Å²) in [6, 6.07) is 20.2. The van der Waals surface area contributed by atoms with Crippen molar-refractivity contribution in [3.8, 4) is 0 Å². The average Bonchev–Trinajstić information content (AvgIpc) is 2.48. The number of para-hydroxylation sites is 2. The maximum absolute atomic E-state index is 6.49. The van der Waals surface area contributed by atoms with Gasteiger partial charge in [-0.05, 0) is 24.3 Å². The highest BCUT2D eigenvalue weighted by molar-refractivity contribution is 6.32. The maximum Gasteiger partial charge on any atom is 0.165 e. The van der Waals surface area contributed by atoms with Crippen molar-refractivity contribution in [2.45, 2.75) is 0 Å². The molecular weight excluding hydrogens is 268 g/mol. The van der Waals surface area contributed by atoms with Crippen molar-refractivity contribution in [3.63, 3.8) is 0 Å². The van der Waals surface area contributed by atoms with Crippen LogP contribution in [-0.2, 0) is 0 Å². The molecule has 0 bridgehead atoms. The zero-order valence-corrected chi connectivity index (χ0v) is 12.5. The molecule has 0 saturated heterocycles. The molecule has 2 aromatic rings. The first-order valence-electron chi connectivity index (χ1n) is 6.46. The van der Waals surface area contributed by atoms with E-state index in [9.17, 15) is 0 Å². The summed E-state index contributed by atoms with van der Waals surface area (Å²) < 4.78 is 1.95. The van der Waals surface area contributed by atoms with Gasteiger partial charge in [0.15, 0.2) is 6.21 Å².